The van der Waals surface area contributed by atoms with Crippen molar-refractivity contribution in [2.24, 2.45) is 0 Å². The molecule has 1 aromatic heterocycles. The van der Waals surface area contributed by atoms with Crippen LogP contribution >= 0.6 is 11.6 Å². The summed E-state index contributed by atoms with van der Waals surface area (Å²) in [6, 6.07) is 6.73. The summed E-state index contributed by atoms with van der Waals surface area (Å²) in [7, 11) is 0. The van der Waals surface area contributed by atoms with E-state index in [2.05, 4.69) is 15.3 Å². The molecule has 86 valence electrons. The highest BCUT2D eigenvalue weighted by Gasteiger charge is 2.11. The number of halogens is 1. The van der Waals surface area contributed by atoms with Gasteiger partial charge in [0.15, 0.2) is 11.5 Å². The standard InChI is InChI=1S/C11H9ClN4O/c12-7-1-3-8(4-2-7)16-11(17)9-10(13)15-6-5-14-9/h1-6H,(H2,13,15)(H,16,17). The molecule has 17 heavy (non-hydrogen) atoms. The van der Waals surface area contributed by atoms with Crippen LogP contribution in [0.3, 0.4) is 0 Å². The number of aromatic nitrogens is 2. The lowest BCUT2D eigenvalue weighted by molar-refractivity contribution is 0.102. The Hall–Kier alpha value is -2.14. The van der Waals surface area contributed by atoms with E-state index in [1.54, 1.807) is 24.3 Å². The Morgan fingerprint density at radius 2 is 1.82 bits per heavy atom. The highest BCUT2D eigenvalue weighted by Crippen LogP contribution is 2.14. The number of nitrogen functional groups attached to an aromatic ring is 1. The van der Waals surface area contributed by atoms with Crippen LogP contribution in [-0.2, 0) is 0 Å². The summed E-state index contributed by atoms with van der Waals surface area (Å²) in [6.45, 7) is 0. The van der Waals surface area contributed by atoms with E-state index in [1.807, 2.05) is 0 Å². The van der Waals surface area contributed by atoms with Crippen LogP contribution in [0, 0.1) is 0 Å². The second-order valence-electron chi connectivity index (χ2n) is 3.25. The van der Waals surface area contributed by atoms with Crippen molar-refractivity contribution >= 4 is 29.0 Å². The molecule has 2 aromatic rings. The smallest absolute Gasteiger partial charge is 0.278 e. The Morgan fingerprint density at radius 3 is 2.47 bits per heavy atom. The quantitative estimate of drug-likeness (QED) is 0.851. The molecular weight excluding hydrogens is 240 g/mol. The fraction of sp³-hybridized carbons (Fsp3) is 0. The number of carbonyl (C=O) groups is 1. The van der Waals surface area contributed by atoms with Gasteiger partial charge in [-0.2, -0.15) is 0 Å². The molecule has 6 heteroatoms. The number of nitrogens with zero attached hydrogens (tertiary/aromatic N) is 2. The van der Waals surface area contributed by atoms with E-state index in [-0.39, 0.29) is 11.5 Å². The van der Waals surface area contributed by atoms with Gasteiger partial charge in [0.1, 0.15) is 0 Å². The Balaban J connectivity index is 2.17. The summed E-state index contributed by atoms with van der Waals surface area (Å²) in [4.78, 5) is 19.4. The monoisotopic (exact) mass is 248 g/mol. The van der Waals surface area contributed by atoms with Gasteiger partial charge in [0, 0.05) is 23.1 Å². The van der Waals surface area contributed by atoms with Crippen LogP contribution in [-0.4, -0.2) is 15.9 Å². The third-order valence-corrected chi connectivity index (χ3v) is 2.30. The fourth-order valence-corrected chi connectivity index (χ4v) is 1.37. The van der Waals surface area contributed by atoms with Crippen LogP contribution in [0.25, 0.3) is 0 Å². The Bertz CT molecular complexity index is 541. The van der Waals surface area contributed by atoms with Crippen molar-refractivity contribution < 1.29 is 4.79 Å². The number of rotatable bonds is 2. The van der Waals surface area contributed by atoms with Crippen LogP contribution in [0.2, 0.25) is 5.02 Å². The van der Waals surface area contributed by atoms with E-state index in [1.165, 1.54) is 12.4 Å². The molecule has 0 aliphatic rings. The first-order valence-corrected chi connectivity index (χ1v) is 5.18. The number of nitrogens with two attached hydrogens (primary N) is 1. The largest absolute Gasteiger partial charge is 0.382 e. The van der Waals surface area contributed by atoms with Gasteiger partial charge in [0.05, 0.1) is 0 Å². The topological polar surface area (TPSA) is 80.9 Å². The van der Waals surface area contributed by atoms with Crippen molar-refractivity contribution in [1.82, 2.24) is 9.97 Å². The molecule has 3 N–H and O–H groups in total. The van der Waals surface area contributed by atoms with Crippen molar-refractivity contribution in [2.75, 3.05) is 11.1 Å². The highest BCUT2D eigenvalue weighted by molar-refractivity contribution is 6.30. The minimum atomic E-state index is -0.405. The van der Waals surface area contributed by atoms with Crippen LogP contribution in [0.1, 0.15) is 10.5 Å². The number of anilines is 2. The number of carbonyl (C=O) groups excluding carboxylic acids is 1. The fourth-order valence-electron chi connectivity index (χ4n) is 1.25. The zero-order chi connectivity index (χ0) is 12.3. The molecule has 0 atom stereocenters. The van der Waals surface area contributed by atoms with Gasteiger partial charge in [0.25, 0.3) is 5.91 Å². The van der Waals surface area contributed by atoms with Gasteiger partial charge in [0.2, 0.25) is 0 Å². The van der Waals surface area contributed by atoms with E-state index < -0.39 is 5.91 Å². The maximum absolute atomic E-state index is 11.8. The van der Waals surface area contributed by atoms with Gasteiger partial charge in [-0.05, 0) is 24.3 Å². The first-order valence-electron chi connectivity index (χ1n) is 4.80. The maximum atomic E-state index is 11.8. The summed E-state index contributed by atoms with van der Waals surface area (Å²) in [6.07, 6.45) is 2.83. The average Bonchev–Trinajstić information content (AvgIpc) is 2.32. The molecule has 0 saturated heterocycles. The molecule has 0 bridgehead atoms. The van der Waals surface area contributed by atoms with Crippen LogP contribution in [0.4, 0.5) is 11.5 Å². The molecule has 0 spiro atoms. The Kier molecular flexibility index (Phi) is 3.20. The molecule has 5 nitrogen and oxygen atoms in total. The molecule has 0 fully saturated rings. The lowest BCUT2D eigenvalue weighted by Crippen LogP contribution is -2.16. The first-order chi connectivity index (χ1) is 8.16. The number of amides is 1. The zero-order valence-corrected chi connectivity index (χ0v) is 9.48. The van der Waals surface area contributed by atoms with Gasteiger partial charge in [-0.25, -0.2) is 9.97 Å². The molecule has 0 saturated carbocycles. The molecular formula is C11H9ClN4O. The van der Waals surface area contributed by atoms with E-state index in [0.29, 0.717) is 10.7 Å². The first kappa shape index (κ1) is 11.3. The SMILES string of the molecule is Nc1nccnc1C(=O)Nc1ccc(Cl)cc1. The third-order valence-electron chi connectivity index (χ3n) is 2.04. The molecule has 2 rings (SSSR count). The van der Waals surface area contributed by atoms with Crippen LogP contribution in [0.5, 0.6) is 0 Å². The minimum absolute atomic E-state index is 0.0963. The van der Waals surface area contributed by atoms with Crippen molar-refractivity contribution in [3.05, 3.63) is 47.4 Å². The van der Waals surface area contributed by atoms with Crippen LogP contribution in [0.15, 0.2) is 36.7 Å². The maximum Gasteiger partial charge on any atom is 0.278 e. The summed E-state index contributed by atoms with van der Waals surface area (Å²) < 4.78 is 0. The molecule has 0 radical (unpaired) electrons. The van der Waals surface area contributed by atoms with Gasteiger partial charge in [-0.15, -0.1) is 0 Å². The molecule has 1 heterocycles. The normalized spacial score (nSPS) is 9.94. The molecule has 1 aromatic carbocycles. The minimum Gasteiger partial charge on any atom is -0.382 e. The molecule has 0 unspecified atom stereocenters. The second kappa shape index (κ2) is 4.80. The van der Waals surface area contributed by atoms with E-state index in [4.69, 9.17) is 17.3 Å². The number of hydrogen-bond donors (Lipinski definition) is 2. The molecule has 0 aliphatic carbocycles. The number of benzene rings is 1. The Labute approximate surface area is 103 Å². The Morgan fingerprint density at radius 1 is 1.18 bits per heavy atom. The van der Waals surface area contributed by atoms with Crippen LogP contribution < -0.4 is 11.1 Å². The lowest BCUT2D eigenvalue weighted by Gasteiger charge is -2.05. The van der Waals surface area contributed by atoms with Crippen molar-refractivity contribution in [1.29, 1.82) is 0 Å². The number of nitrogens with one attached hydrogen (secondary N) is 1. The predicted octanol–water partition coefficient (Wildman–Crippen LogP) is 1.96. The second-order valence-corrected chi connectivity index (χ2v) is 3.69. The number of hydrogen-bond acceptors (Lipinski definition) is 4. The summed E-state index contributed by atoms with van der Waals surface area (Å²) in [5.74, 6) is -0.308. The van der Waals surface area contributed by atoms with E-state index >= 15 is 0 Å². The van der Waals surface area contributed by atoms with E-state index in [0.717, 1.165) is 0 Å². The van der Waals surface area contributed by atoms with Gasteiger partial charge in [-0.3, -0.25) is 4.79 Å². The summed E-state index contributed by atoms with van der Waals surface area (Å²) >= 11 is 5.74. The lowest BCUT2D eigenvalue weighted by atomic mass is 10.3. The van der Waals surface area contributed by atoms with Gasteiger partial charge in [-0.1, -0.05) is 11.6 Å². The van der Waals surface area contributed by atoms with Crippen molar-refractivity contribution in [3.63, 3.8) is 0 Å². The van der Waals surface area contributed by atoms with Gasteiger partial charge < -0.3 is 11.1 Å². The third kappa shape index (κ3) is 2.70. The average molecular weight is 249 g/mol. The zero-order valence-electron chi connectivity index (χ0n) is 8.72. The van der Waals surface area contributed by atoms with Gasteiger partial charge >= 0.3 is 0 Å². The molecule has 0 aliphatic heterocycles. The van der Waals surface area contributed by atoms with Crippen molar-refractivity contribution in [2.45, 2.75) is 0 Å². The predicted molar refractivity (Wildman–Crippen MR) is 65.8 cm³/mol. The molecule has 1 amide bonds. The van der Waals surface area contributed by atoms with E-state index in [9.17, 15) is 4.79 Å². The highest BCUT2D eigenvalue weighted by atomic mass is 35.5. The summed E-state index contributed by atoms with van der Waals surface area (Å²) in [5.41, 5.74) is 6.26. The van der Waals surface area contributed by atoms with Crippen molar-refractivity contribution in [3.8, 4) is 0 Å². The summed E-state index contributed by atoms with van der Waals surface area (Å²) in [5, 5.41) is 3.25.